The number of nitrogens with one attached hydrogen (secondary N) is 2. The third-order valence-electron chi connectivity index (χ3n) is 9.82. The van der Waals surface area contributed by atoms with E-state index >= 15 is 4.39 Å². The van der Waals surface area contributed by atoms with Gasteiger partial charge in [-0.3, -0.25) is 9.59 Å². The van der Waals surface area contributed by atoms with Crippen molar-refractivity contribution >= 4 is 40.0 Å². The lowest BCUT2D eigenvalue weighted by Gasteiger charge is -2.32. The maximum absolute atomic E-state index is 15.7. The Balaban J connectivity index is 1.13. The molecule has 2 aromatic heterocycles. The maximum atomic E-state index is 15.7. The van der Waals surface area contributed by atoms with Crippen LogP contribution < -0.4 is 29.9 Å². The summed E-state index contributed by atoms with van der Waals surface area (Å²) >= 11 is 0. The van der Waals surface area contributed by atoms with Gasteiger partial charge >= 0.3 is 0 Å². The quantitative estimate of drug-likeness (QED) is 0.158. The lowest BCUT2D eigenvalue weighted by molar-refractivity contribution is -0.130. The summed E-state index contributed by atoms with van der Waals surface area (Å²) in [6.45, 7) is 2.67. The van der Waals surface area contributed by atoms with Crippen LogP contribution in [0.4, 0.5) is 26.0 Å². The second-order valence-corrected chi connectivity index (χ2v) is 13.2. The number of methoxy groups -OCH3 is 1. The predicted octanol–water partition coefficient (Wildman–Crippen LogP) is 6.52. The van der Waals surface area contributed by atoms with Crippen LogP contribution in [0.5, 0.6) is 17.2 Å². The zero-order chi connectivity index (χ0) is 36.2. The molecule has 0 saturated carbocycles. The van der Waals surface area contributed by atoms with Crippen molar-refractivity contribution in [2.45, 2.75) is 44.7 Å². The minimum atomic E-state index is -0.971. The first-order valence-electron chi connectivity index (χ1n) is 17.6. The van der Waals surface area contributed by atoms with E-state index in [2.05, 4.69) is 20.5 Å². The molecule has 2 aliphatic heterocycles. The number of aromatic nitrogens is 3. The number of amides is 2. The second-order valence-electron chi connectivity index (χ2n) is 13.2. The maximum Gasteiger partial charge on any atom is 0.239 e. The number of hydrogen-bond donors (Lipinski definition) is 2. The van der Waals surface area contributed by atoms with Crippen molar-refractivity contribution < 1.29 is 27.8 Å². The van der Waals surface area contributed by atoms with Gasteiger partial charge in [0.05, 0.1) is 13.7 Å². The summed E-state index contributed by atoms with van der Waals surface area (Å²) in [4.78, 5) is 35.2. The van der Waals surface area contributed by atoms with E-state index in [1.54, 1.807) is 25.4 Å². The van der Waals surface area contributed by atoms with Gasteiger partial charge in [-0.05, 0) is 92.9 Å². The highest BCUT2D eigenvalue weighted by Gasteiger charge is 2.34. The number of carbonyl (C=O) groups is 2. The second kappa shape index (κ2) is 15.4. The normalized spacial score (nSPS) is 16.8. The summed E-state index contributed by atoms with van der Waals surface area (Å²) in [7, 11) is 3.64. The number of piperidine rings is 1. The summed E-state index contributed by atoms with van der Waals surface area (Å²) in [6, 6.07) is 19.5. The standard InChI is InChI=1S/C39H41F2N7O4/c1-46(28-16-19-42-20-17-28)37-35-34(18-21-43-36(35)48(45-37)24-25-6-13-30(51-2)14-7-25)52-33-15-10-27(23-32(33)41)44-38(49)31-5-3-4-22-47(39(31)50)29-11-8-26(40)9-12-29/h6-15,18,21,23,28,31,42H,3-5,16-17,19-20,22,24H2,1-2H3,(H,44,49). The molecule has 270 valence electrons. The smallest absolute Gasteiger partial charge is 0.239 e. The lowest BCUT2D eigenvalue weighted by Crippen LogP contribution is -2.41. The minimum Gasteiger partial charge on any atom is -0.497 e. The van der Waals surface area contributed by atoms with E-state index < -0.39 is 23.5 Å². The molecule has 2 saturated heterocycles. The number of anilines is 3. The number of benzene rings is 3. The number of nitrogens with zero attached hydrogens (tertiary/aromatic N) is 5. The molecule has 11 nitrogen and oxygen atoms in total. The zero-order valence-corrected chi connectivity index (χ0v) is 29.1. The van der Waals surface area contributed by atoms with Gasteiger partial charge < -0.3 is 29.9 Å². The van der Waals surface area contributed by atoms with E-state index in [-0.39, 0.29) is 23.4 Å². The van der Waals surface area contributed by atoms with Crippen molar-refractivity contribution in [1.29, 1.82) is 0 Å². The van der Waals surface area contributed by atoms with Crippen LogP contribution >= 0.6 is 0 Å². The number of halogens is 2. The van der Waals surface area contributed by atoms with Gasteiger partial charge in [-0.1, -0.05) is 18.6 Å². The fraction of sp³-hybridized carbons (Fsp3) is 0.333. The highest BCUT2D eigenvalue weighted by atomic mass is 19.1. The van der Waals surface area contributed by atoms with Crippen molar-refractivity contribution in [2.24, 2.45) is 5.92 Å². The Morgan fingerprint density at radius 1 is 0.981 bits per heavy atom. The fourth-order valence-corrected chi connectivity index (χ4v) is 6.93. The highest BCUT2D eigenvalue weighted by Crippen LogP contribution is 2.38. The Kier molecular flexibility index (Phi) is 10.3. The Morgan fingerprint density at radius 3 is 2.48 bits per heavy atom. The molecule has 1 unspecified atom stereocenters. The van der Waals surface area contributed by atoms with Crippen LogP contribution in [0.3, 0.4) is 0 Å². The zero-order valence-electron chi connectivity index (χ0n) is 29.1. The van der Waals surface area contributed by atoms with Gasteiger partial charge in [0.25, 0.3) is 0 Å². The van der Waals surface area contributed by atoms with Gasteiger partial charge in [-0.25, -0.2) is 18.4 Å². The Labute approximate surface area is 300 Å². The van der Waals surface area contributed by atoms with Crippen LogP contribution in [0, 0.1) is 17.6 Å². The van der Waals surface area contributed by atoms with Crippen molar-refractivity contribution in [3.8, 4) is 17.2 Å². The molecule has 7 rings (SSSR count). The molecule has 2 aliphatic rings. The molecule has 4 heterocycles. The molecule has 5 aromatic rings. The van der Waals surface area contributed by atoms with E-state index in [4.69, 9.17) is 14.6 Å². The molecule has 1 atom stereocenters. The summed E-state index contributed by atoms with van der Waals surface area (Å²) in [5.41, 5.74) is 2.32. The predicted molar refractivity (Wildman–Crippen MR) is 195 cm³/mol. The fourth-order valence-electron chi connectivity index (χ4n) is 6.93. The molecule has 2 N–H and O–H groups in total. The topological polar surface area (TPSA) is 114 Å². The van der Waals surface area contributed by atoms with Crippen molar-refractivity contribution in [3.05, 3.63) is 96.2 Å². The first kappa shape index (κ1) is 34.9. The number of carbonyl (C=O) groups excluding carboxylic acids is 2. The van der Waals surface area contributed by atoms with Gasteiger partial charge in [-0.15, -0.1) is 0 Å². The molecular formula is C39H41F2N7O4. The number of rotatable bonds is 10. The molecule has 52 heavy (non-hydrogen) atoms. The van der Waals surface area contributed by atoms with Gasteiger partial charge in [-0.2, -0.15) is 5.10 Å². The van der Waals surface area contributed by atoms with Crippen LogP contribution in [-0.2, 0) is 16.1 Å². The SMILES string of the molecule is COc1ccc(Cn2nc(N(C)C3CCNCC3)c3c(Oc4ccc(NC(=O)C5CCCCN(c6ccc(F)cc6)C5=O)cc4F)ccnc32)cc1. The first-order valence-corrected chi connectivity index (χ1v) is 17.6. The van der Waals surface area contributed by atoms with Crippen LogP contribution in [-0.4, -0.2) is 66.4 Å². The average molecular weight is 710 g/mol. The van der Waals surface area contributed by atoms with Gasteiger partial charge in [0.1, 0.15) is 28.6 Å². The lowest BCUT2D eigenvalue weighted by atomic mass is 10.0. The summed E-state index contributed by atoms with van der Waals surface area (Å²) in [5.74, 6) is -1.19. The Hall–Kier alpha value is -5.56. The highest BCUT2D eigenvalue weighted by molar-refractivity contribution is 6.11. The number of ether oxygens (including phenoxy) is 2. The van der Waals surface area contributed by atoms with Crippen molar-refractivity contribution in [2.75, 3.05) is 48.9 Å². The van der Waals surface area contributed by atoms with Crippen LogP contribution in [0.2, 0.25) is 0 Å². The van der Waals surface area contributed by atoms with E-state index in [1.165, 1.54) is 41.3 Å². The molecule has 2 fully saturated rings. The van der Waals surface area contributed by atoms with Crippen LogP contribution in [0.1, 0.15) is 37.7 Å². The number of hydrogen-bond acceptors (Lipinski definition) is 8. The van der Waals surface area contributed by atoms with E-state index in [0.717, 1.165) is 37.2 Å². The third-order valence-corrected chi connectivity index (χ3v) is 9.82. The average Bonchev–Trinajstić information content (AvgIpc) is 3.41. The molecule has 2 amide bonds. The Bertz CT molecular complexity index is 2050. The van der Waals surface area contributed by atoms with E-state index in [9.17, 15) is 14.0 Å². The van der Waals surface area contributed by atoms with Gasteiger partial charge in [0.2, 0.25) is 11.8 Å². The van der Waals surface area contributed by atoms with Crippen LogP contribution in [0.25, 0.3) is 11.0 Å². The summed E-state index contributed by atoms with van der Waals surface area (Å²) < 4.78 is 42.7. The molecule has 13 heteroatoms. The summed E-state index contributed by atoms with van der Waals surface area (Å²) in [5, 5.41) is 11.8. The molecule has 0 aliphatic carbocycles. The summed E-state index contributed by atoms with van der Waals surface area (Å²) in [6.07, 6.45) is 5.21. The van der Waals surface area contributed by atoms with Gasteiger partial charge in [0, 0.05) is 49.3 Å². The molecular weight excluding hydrogens is 668 g/mol. The monoisotopic (exact) mass is 709 g/mol. The van der Waals surface area contributed by atoms with Crippen molar-refractivity contribution in [1.82, 2.24) is 20.1 Å². The number of pyridine rings is 1. The molecule has 0 bridgehead atoms. The Morgan fingerprint density at radius 2 is 1.75 bits per heavy atom. The molecule has 0 radical (unpaired) electrons. The van der Waals surface area contributed by atoms with E-state index in [1.807, 2.05) is 36.0 Å². The van der Waals surface area contributed by atoms with E-state index in [0.29, 0.717) is 60.6 Å². The van der Waals surface area contributed by atoms with Crippen LogP contribution in [0.15, 0.2) is 79.0 Å². The third kappa shape index (κ3) is 7.40. The van der Waals surface area contributed by atoms with Gasteiger partial charge in [0.15, 0.2) is 23.0 Å². The number of fused-ring (bicyclic) bond motifs is 1. The minimum absolute atomic E-state index is 0.0445. The molecule has 0 spiro atoms. The first-order chi connectivity index (χ1) is 25.3. The van der Waals surface area contributed by atoms with Crippen molar-refractivity contribution in [3.63, 3.8) is 0 Å². The largest absolute Gasteiger partial charge is 0.497 e. The molecule has 3 aromatic carbocycles.